The molecule has 1 heterocycles. The molecule has 1 fully saturated rings. The Morgan fingerprint density at radius 1 is 1.10 bits per heavy atom. The van der Waals surface area contributed by atoms with E-state index in [1.807, 2.05) is 12.1 Å². The monoisotopic (exact) mass is 279 g/mol. The van der Waals surface area contributed by atoms with Crippen molar-refractivity contribution < 1.29 is 9.84 Å². The van der Waals surface area contributed by atoms with Crippen LogP contribution in [0.2, 0.25) is 0 Å². The van der Waals surface area contributed by atoms with Gasteiger partial charge in [0.1, 0.15) is 5.69 Å². The average molecular weight is 279 g/mol. The summed E-state index contributed by atoms with van der Waals surface area (Å²) in [5.74, 6) is 0. The predicted octanol–water partition coefficient (Wildman–Crippen LogP) is 1.22. The standard InChI is InChI=1S/C14H21N3O3/c18-10-12-20-11-9-16-5-7-17(8-6-16)14-3-1-13(15-19)2-4-14/h1-4,18H,5-12H2. The Kier molecular flexibility index (Phi) is 5.91. The van der Waals surface area contributed by atoms with Crippen LogP contribution >= 0.6 is 0 Å². The lowest BCUT2D eigenvalue weighted by Gasteiger charge is -2.36. The Hall–Kier alpha value is -1.50. The van der Waals surface area contributed by atoms with Gasteiger partial charge in [-0.3, -0.25) is 4.90 Å². The molecule has 6 nitrogen and oxygen atoms in total. The number of nitroso groups, excluding NO2 is 1. The first-order valence-corrected chi connectivity index (χ1v) is 6.93. The van der Waals surface area contributed by atoms with E-state index in [4.69, 9.17) is 9.84 Å². The van der Waals surface area contributed by atoms with Crippen molar-refractivity contribution >= 4 is 11.4 Å². The van der Waals surface area contributed by atoms with Gasteiger partial charge in [-0.05, 0) is 29.4 Å². The normalized spacial score (nSPS) is 16.4. The van der Waals surface area contributed by atoms with E-state index in [9.17, 15) is 4.91 Å². The van der Waals surface area contributed by atoms with E-state index in [0.717, 1.165) is 38.4 Å². The molecule has 0 saturated carbocycles. The van der Waals surface area contributed by atoms with Gasteiger partial charge in [0.2, 0.25) is 0 Å². The number of nitrogens with zero attached hydrogens (tertiary/aromatic N) is 3. The predicted molar refractivity (Wildman–Crippen MR) is 78.5 cm³/mol. The number of aliphatic hydroxyl groups is 1. The van der Waals surface area contributed by atoms with Gasteiger partial charge in [-0.25, -0.2) is 0 Å². The molecule has 0 spiro atoms. The van der Waals surface area contributed by atoms with E-state index < -0.39 is 0 Å². The highest BCUT2D eigenvalue weighted by Crippen LogP contribution is 2.20. The molecule has 0 amide bonds. The second kappa shape index (κ2) is 7.94. The molecule has 0 bridgehead atoms. The molecule has 20 heavy (non-hydrogen) atoms. The maximum Gasteiger partial charge on any atom is 0.108 e. The third-order valence-electron chi connectivity index (χ3n) is 3.48. The highest BCUT2D eigenvalue weighted by Gasteiger charge is 2.16. The number of hydrogen-bond acceptors (Lipinski definition) is 6. The quantitative estimate of drug-likeness (QED) is 0.600. The van der Waals surface area contributed by atoms with Gasteiger partial charge in [-0.15, -0.1) is 4.91 Å². The van der Waals surface area contributed by atoms with Crippen LogP contribution in [0, 0.1) is 4.91 Å². The number of anilines is 1. The average Bonchev–Trinajstić information content (AvgIpc) is 2.52. The minimum absolute atomic E-state index is 0.0828. The largest absolute Gasteiger partial charge is 0.394 e. The molecule has 0 radical (unpaired) electrons. The highest BCUT2D eigenvalue weighted by atomic mass is 16.5. The second-order valence-corrected chi connectivity index (χ2v) is 4.77. The van der Waals surface area contributed by atoms with Crippen LogP contribution in [0.3, 0.4) is 0 Å². The fourth-order valence-electron chi connectivity index (χ4n) is 2.31. The number of aliphatic hydroxyl groups excluding tert-OH is 1. The number of hydrogen-bond donors (Lipinski definition) is 1. The zero-order valence-corrected chi connectivity index (χ0v) is 11.6. The Bertz CT molecular complexity index is 403. The molecule has 1 aliphatic rings. The Balaban J connectivity index is 1.74. The lowest BCUT2D eigenvalue weighted by molar-refractivity contribution is 0.0724. The van der Waals surface area contributed by atoms with Crippen molar-refractivity contribution in [3.05, 3.63) is 29.2 Å². The first-order valence-electron chi connectivity index (χ1n) is 6.93. The molecular weight excluding hydrogens is 258 g/mol. The van der Waals surface area contributed by atoms with Crippen LogP contribution in [0.15, 0.2) is 29.4 Å². The Morgan fingerprint density at radius 3 is 2.40 bits per heavy atom. The molecule has 1 aromatic carbocycles. The first-order chi connectivity index (χ1) is 9.83. The van der Waals surface area contributed by atoms with Crippen molar-refractivity contribution in [2.24, 2.45) is 5.18 Å². The lowest BCUT2D eigenvalue weighted by Crippen LogP contribution is -2.47. The van der Waals surface area contributed by atoms with E-state index in [2.05, 4.69) is 15.0 Å². The van der Waals surface area contributed by atoms with Gasteiger partial charge < -0.3 is 14.7 Å². The maximum atomic E-state index is 10.4. The van der Waals surface area contributed by atoms with Gasteiger partial charge in [0, 0.05) is 38.4 Å². The molecular formula is C14H21N3O3. The highest BCUT2D eigenvalue weighted by molar-refractivity contribution is 5.53. The van der Waals surface area contributed by atoms with Crippen molar-refractivity contribution in [2.75, 3.05) is 57.4 Å². The summed E-state index contributed by atoms with van der Waals surface area (Å²) >= 11 is 0. The zero-order valence-electron chi connectivity index (χ0n) is 11.6. The SMILES string of the molecule is O=Nc1ccc(N2CCN(CCOCCO)CC2)cc1. The number of rotatable bonds is 7. The summed E-state index contributed by atoms with van der Waals surface area (Å²) < 4.78 is 5.28. The smallest absolute Gasteiger partial charge is 0.108 e. The van der Waals surface area contributed by atoms with Crippen molar-refractivity contribution in [3.63, 3.8) is 0 Å². The molecule has 1 saturated heterocycles. The van der Waals surface area contributed by atoms with E-state index in [1.165, 1.54) is 0 Å². The molecule has 0 aromatic heterocycles. The molecule has 1 aromatic rings. The fourth-order valence-corrected chi connectivity index (χ4v) is 2.31. The molecule has 6 heteroatoms. The summed E-state index contributed by atoms with van der Waals surface area (Å²) in [6, 6.07) is 7.38. The van der Waals surface area contributed by atoms with Crippen molar-refractivity contribution in [1.82, 2.24) is 4.90 Å². The van der Waals surface area contributed by atoms with Gasteiger partial charge in [-0.1, -0.05) is 0 Å². The summed E-state index contributed by atoms with van der Waals surface area (Å²) in [5.41, 5.74) is 1.60. The zero-order chi connectivity index (χ0) is 14.2. The lowest BCUT2D eigenvalue weighted by atomic mass is 10.2. The molecule has 110 valence electrons. The summed E-state index contributed by atoms with van der Waals surface area (Å²) in [5, 5.41) is 11.5. The van der Waals surface area contributed by atoms with Gasteiger partial charge >= 0.3 is 0 Å². The molecule has 1 N–H and O–H groups in total. The molecule has 0 unspecified atom stereocenters. The van der Waals surface area contributed by atoms with Gasteiger partial charge in [0.25, 0.3) is 0 Å². The van der Waals surface area contributed by atoms with Gasteiger partial charge in [0.05, 0.1) is 19.8 Å². The maximum absolute atomic E-state index is 10.4. The summed E-state index contributed by atoms with van der Waals surface area (Å²) in [4.78, 5) is 15.0. The first kappa shape index (κ1) is 14.9. The Labute approximate surface area is 118 Å². The number of piperazine rings is 1. The van der Waals surface area contributed by atoms with Crippen LogP contribution in [0.25, 0.3) is 0 Å². The van der Waals surface area contributed by atoms with Crippen molar-refractivity contribution in [3.8, 4) is 0 Å². The second-order valence-electron chi connectivity index (χ2n) is 4.77. The summed E-state index contributed by atoms with van der Waals surface area (Å²) in [6.07, 6.45) is 0. The van der Waals surface area contributed by atoms with E-state index in [0.29, 0.717) is 18.9 Å². The minimum atomic E-state index is 0.0828. The Morgan fingerprint density at radius 2 is 1.80 bits per heavy atom. The number of ether oxygens (including phenoxy) is 1. The third kappa shape index (κ3) is 4.26. The molecule has 0 atom stereocenters. The van der Waals surface area contributed by atoms with Crippen LogP contribution in [0.4, 0.5) is 11.4 Å². The molecule has 2 rings (SSSR count). The topological polar surface area (TPSA) is 65.4 Å². The van der Waals surface area contributed by atoms with Gasteiger partial charge in [-0.2, -0.15) is 0 Å². The van der Waals surface area contributed by atoms with Crippen LogP contribution < -0.4 is 4.90 Å². The third-order valence-corrected chi connectivity index (χ3v) is 3.48. The van der Waals surface area contributed by atoms with Crippen LogP contribution in [0.5, 0.6) is 0 Å². The van der Waals surface area contributed by atoms with Gasteiger partial charge in [0.15, 0.2) is 0 Å². The minimum Gasteiger partial charge on any atom is -0.394 e. The van der Waals surface area contributed by atoms with E-state index in [-0.39, 0.29) is 6.61 Å². The van der Waals surface area contributed by atoms with Crippen LogP contribution in [-0.4, -0.2) is 62.6 Å². The van der Waals surface area contributed by atoms with E-state index >= 15 is 0 Å². The van der Waals surface area contributed by atoms with Crippen LogP contribution in [-0.2, 0) is 4.74 Å². The number of benzene rings is 1. The summed E-state index contributed by atoms with van der Waals surface area (Å²) in [6.45, 7) is 5.99. The van der Waals surface area contributed by atoms with Crippen molar-refractivity contribution in [1.29, 1.82) is 0 Å². The molecule has 0 aliphatic carbocycles. The summed E-state index contributed by atoms with van der Waals surface area (Å²) in [7, 11) is 0. The van der Waals surface area contributed by atoms with Crippen LogP contribution in [0.1, 0.15) is 0 Å². The van der Waals surface area contributed by atoms with Crippen molar-refractivity contribution in [2.45, 2.75) is 0 Å². The fraction of sp³-hybridized carbons (Fsp3) is 0.571. The van der Waals surface area contributed by atoms with E-state index in [1.54, 1.807) is 12.1 Å². The molecule has 1 aliphatic heterocycles.